The number of nitrogens with one attached hydrogen (secondary N) is 1. The van der Waals surface area contributed by atoms with E-state index in [1.54, 1.807) is 0 Å². The molecule has 3 N–H and O–H groups in total. The van der Waals surface area contributed by atoms with Gasteiger partial charge in [0, 0.05) is 6.04 Å². The lowest BCUT2D eigenvalue weighted by Gasteiger charge is -2.35. The van der Waals surface area contributed by atoms with E-state index in [4.69, 9.17) is 18.0 Å². The van der Waals surface area contributed by atoms with E-state index in [0.717, 1.165) is 19.3 Å². The first-order chi connectivity index (χ1) is 8.97. The molecule has 3 nitrogen and oxygen atoms in total. The zero-order valence-corrected chi connectivity index (χ0v) is 13.3. The Bertz CT molecular complexity index is 317. The molecule has 0 radical (unpaired) electrons. The minimum atomic E-state index is -0.297. The van der Waals surface area contributed by atoms with Gasteiger partial charge in [0.2, 0.25) is 5.91 Å². The van der Waals surface area contributed by atoms with Crippen LogP contribution < -0.4 is 11.1 Å². The Morgan fingerprint density at radius 1 is 1.37 bits per heavy atom. The molecule has 0 spiro atoms. The lowest BCUT2D eigenvalue weighted by Crippen LogP contribution is -2.48. The Morgan fingerprint density at radius 2 is 2.00 bits per heavy atom. The van der Waals surface area contributed by atoms with Crippen molar-refractivity contribution in [3.63, 3.8) is 0 Å². The van der Waals surface area contributed by atoms with Crippen LogP contribution in [0.25, 0.3) is 0 Å². The molecule has 110 valence electrons. The van der Waals surface area contributed by atoms with Gasteiger partial charge in [-0.05, 0) is 31.1 Å². The van der Waals surface area contributed by atoms with Crippen molar-refractivity contribution in [2.75, 3.05) is 0 Å². The van der Waals surface area contributed by atoms with Crippen molar-refractivity contribution in [3.8, 4) is 0 Å². The van der Waals surface area contributed by atoms with E-state index in [-0.39, 0.29) is 11.8 Å². The van der Waals surface area contributed by atoms with E-state index in [1.807, 2.05) is 0 Å². The molecule has 0 aromatic rings. The third-order valence-electron chi connectivity index (χ3n) is 4.24. The molecule has 0 aliphatic heterocycles. The normalized spacial score (nSPS) is 25.1. The zero-order valence-electron chi connectivity index (χ0n) is 12.4. The Balaban J connectivity index is 2.64. The highest BCUT2D eigenvalue weighted by atomic mass is 32.1. The lowest BCUT2D eigenvalue weighted by atomic mass is 9.77. The molecule has 3 unspecified atom stereocenters. The molecule has 3 atom stereocenters. The number of hydrogen-bond acceptors (Lipinski definition) is 2. The van der Waals surface area contributed by atoms with Gasteiger partial charge in [-0.15, -0.1) is 0 Å². The maximum Gasteiger partial charge on any atom is 0.230 e. The number of thiocarbonyl (C=S) groups is 1. The van der Waals surface area contributed by atoms with Crippen molar-refractivity contribution in [1.82, 2.24) is 5.32 Å². The zero-order chi connectivity index (χ0) is 14.4. The summed E-state index contributed by atoms with van der Waals surface area (Å²) >= 11 is 5.02. The van der Waals surface area contributed by atoms with E-state index in [1.165, 1.54) is 19.3 Å². The second kappa shape index (κ2) is 7.83. The van der Waals surface area contributed by atoms with E-state index in [9.17, 15) is 4.79 Å². The Hall–Kier alpha value is -0.640. The lowest BCUT2D eigenvalue weighted by molar-refractivity contribution is -0.124. The summed E-state index contributed by atoms with van der Waals surface area (Å²) in [5.74, 6) is 0.938. The summed E-state index contributed by atoms with van der Waals surface area (Å²) in [5, 5.41) is 3.21. The molecule has 1 aliphatic carbocycles. The number of amides is 1. The Morgan fingerprint density at radius 3 is 2.53 bits per heavy atom. The van der Waals surface area contributed by atoms with Crippen LogP contribution in [0.4, 0.5) is 0 Å². The quantitative estimate of drug-likeness (QED) is 0.737. The molecule has 1 fully saturated rings. The number of nitrogens with two attached hydrogens (primary N) is 1. The van der Waals surface area contributed by atoms with Gasteiger partial charge >= 0.3 is 0 Å². The first kappa shape index (κ1) is 16.4. The second-order valence-electron chi connectivity index (χ2n) is 6.05. The minimum Gasteiger partial charge on any atom is -0.393 e. The minimum absolute atomic E-state index is 0.0342. The topological polar surface area (TPSA) is 55.1 Å². The van der Waals surface area contributed by atoms with Crippen molar-refractivity contribution in [3.05, 3.63) is 0 Å². The molecule has 1 aliphatic rings. The predicted molar refractivity (Wildman–Crippen MR) is 83.9 cm³/mol. The van der Waals surface area contributed by atoms with Crippen LogP contribution in [0.15, 0.2) is 0 Å². The summed E-state index contributed by atoms with van der Waals surface area (Å²) in [5.41, 5.74) is 5.69. The number of carbonyl (C=O) groups is 1. The van der Waals surface area contributed by atoms with E-state index < -0.39 is 0 Å². The number of rotatable bonds is 6. The fourth-order valence-electron chi connectivity index (χ4n) is 3.11. The molecule has 1 rings (SSSR count). The van der Waals surface area contributed by atoms with Crippen molar-refractivity contribution < 1.29 is 4.79 Å². The number of carbonyl (C=O) groups excluding carboxylic acids is 1. The largest absolute Gasteiger partial charge is 0.393 e. The third-order valence-corrected chi connectivity index (χ3v) is 4.53. The SMILES string of the molecule is CCCC(C(=O)NC1CCCCC1C(C)C)C(N)=S. The molecule has 19 heavy (non-hydrogen) atoms. The van der Waals surface area contributed by atoms with Crippen molar-refractivity contribution >= 4 is 23.1 Å². The van der Waals surface area contributed by atoms with E-state index in [0.29, 0.717) is 22.9 Å². The summed E-state index contributed by atoms with van der Waals surface area (Å²) in [4.78, 5) is 12.7. The highest BCUT2D eigenvalue weighted by Gasteiger charge is 2.31. The highest BCUT2D eigenvalue weighted by Crippen LogP contribution is 2.30. The molecule has 0 aromatic heterocycles. The van der Waals surface area contributed by atoms with E-state index >= 15 is 0 Å². The molecule has 0 aromatic carbocycles. The van der Waals surface area contributed by atoms with Crippen LogP contribution in [0.3, 0.4) is 0 Å². The third kappa shape index (κ3) is 4.75. The van der Waals surface area contributed by atoms with Crippen molar-refractivity contribution in [2.45, 2.75) is 65.3 Å². The van der Waals surface area contributed by atoms with Gasteiger partial charge < -0.3 is 11.1 Å². The fraction of sp³-hybridized carbons (Fsp3) is 0.867. The molecule has 0 saturated heterocycles. The first-order valence-electron chi connectivity index (χ1n) is 7.57. The van der Waals surface area contributed by atoms with Crippen LogP contribution >= 0.6 is 12.2 Å². The van der Waals surface area contributed by atoms with Gasteiger partial charge in [-0.2, -0.15) is 0 Å². The second-order valence-corrected chi connectivity index (χ2v) is 6.52. The van der Waals surface area contributed by atoms with Crippen LogP contribution in [0.1, 0.15) is 59.3 Å². The first-order valence-corrected chi connectivity index (χ1v) is 7.97. The highest BCUT2D eigenvalue weighted by molar-refractivity contribution is 7.80. The standard InChI is InChI=1S/C15H28N2OS/c1-4-7-12(14(16)19)15(18)17-13-9-6-5-8-11(13)10(2)3/h10-13H,4-9H2,1-3H3,(H2,16,19)(H,17,18). The summed E-state index contributed by atoms with van der Waals surface area (Å²) < 4.78 is 0. The summed E-state index contributed by atoms with van der Waals surface area (Å²) in [6.45, 7) is 6.54. The molecule has 0 bridgehead atoms. The molecular weight excluding hydrogens is 256 g/mol. The molecule has 0 heterocycles. The van der Waals surface area contributed by atoms with Crippen LogP contribution in [-0.4, -0.2) is 16.9 Å². The molecular formula is C15H28N2OS. The smallest absolute Gasteiger partial charge is 0.230 e. The predicted octanol–water partition coefficient (Wildman–Crippen LogP) is 3.02. The maximum absolute atomic E-state index is 12.3. The van der Waals surface area contributed by atoms with Gasteiger partial charge in [0.15, 0.2) is 0 Å². The Labute approximate surface area is 122 Å². The van der Waals surface area contributed by atoms with E-state index in [2.05, 4.69) is 26.1 Å². The van der Waals surface area contributed by atoms with Crippen LogP contribution in [-0.2, 0) is 4.79 Å². The van der Waals surface area contributed by atoms with Gasteiger partial charge in [0.1, 0.15) is 0 Å². The van der Waals surface area contributed by atoms with Crippen LogP contribution in [0.2, 0.25) is 0 Å². The average molecular weight is 284 g/mol. The van der Waals surface area contributed by atoms with Crippen molar-refractivity contribution in [1.29, 1.82) is 0 Å². The summed E-state index contributed by atoms with van der Waals surface area (Å²) in [7, 11) is 0. The molecule has 1 saturated carbocycles. The van der Waals surface area contributed by atoms with Gasteiger partial charge in [0.25, 0.3) is 0 Å². The van der Waals surface area contributed by atoms with Crippen LogP contribution in [0, 0.1) is 17.8 Å². The number of hydrogen-bond donors (Lipinski definition) is 2. The average Bonchev–Trinajstić information content (AvgIpc) is 2.35. The van der Waals surface area contributed by atoms with Gasteiger partial charge in [-0.1, -0.05) is 52.3 Å². The molecule has 4 heteroatoms. The molecule has 1 amide bonds. The summed E-state index contributed by atoms with van der Waals surface area (Å²) in [6, 6.07) is 0.301. The summed E-state index contributed by atoms with van der Waals surface area (Å²) in [6.07, 6.45) is 6.47. The monoisotopic (exact) mass is 284 g/mol. The Kier molecular flexibility index (Phi) is 6.76. The maximum atomic E-state index is 12.3. The van der Waals surface area contributed by atoms with Gasteiger partial charge in [0.05, 0.1) is 10.9 Å². The van der Waals surface area contributed by atoms with Crippen LogP contribution in [0.5, 0.6) is 0 Å². The van der Waals surface area contributed by atoms with Gasteiger partial charge in [-0.25, -0.2) is 0 Å². The van der Waals surface area contributed by atoms with Crippen molar-refractivity contribution in [2.24, 2.45) is 23.5 Å². The fourth-order valence-corrected chi connectivity index (χ4v) is 3.34. The van der Waals surface area contributed by atoms with Gasteiger partial charge in [-0.3, -0.25) is 4.79 Å².